The molecule has 3 nitrogen and oxygen atoms in total. The lowest BCUT2D eigenvalue weighted by Crippen LogP contribution is -2.38. The van der Waals surface area contributed by atoms with Gasteiger partial charge in [0.05, 0.1) is 11.6 Å². The molecule has 0 saturated carbocycles. The number of nitrogens with one attached hydrogen (secondary N) is 1. The molecule has 0 aliphatic carbocycles. The Hall–Kier alpha value is -1.04. The predicted octanol–water partition coefficient (Wildman–Crippen LogP) is 2.02. The van der Waals surface area contributed by atoms with Crippen molar-refractivity contribution in [3.8, 4) is 0 Å². The lowest BCUT2D eigenvalue weighted by Gasteiger charge is -2.31. The maximum atomic E-state index is 12.6. The van der Waals surface area contributed by atoms with Gasteiger partial charge in [0.2, 0.25) is 0 Å². The molecule has 1 fully saturated rings. The molecule has 6 heteroatoms. The molecule has 2 rings (SSSR count). The van der Waals surface area contributed by atoms with Crippen LogP contribution in [0, 0.1) is 5.92 Å². The number of rotatable bonds is 1. The molecular formula is C10H14F3N3. The molecule has 1 aliphatic rings. The van der Waals surface area contributed by atoms with Crippen LogP contribution < -0.4 is 5.32 Å². The highest BCUT2D eigenvalue weighted by Gasteiger charge is 2.42. The van der Waals surface area contributed by atoms with Crippen LogP contribution in [-0.2, 0) is 7.05 Å². The SMILES string of the molecule is Cn1nccc1C1CC(C(F)(F)F)CCN1. The highest BCUT2D eigenvalue weighted by molar-refractivity contribution is 5.08. The molecule has 90 valence electrons. The summed E-state index contributed by atoms with van der Waals surface area (Å²) < 4.78 is 39.4. The van der Waals surface area contributed by atoms with E-state index in [0.717, 1.165) is 5.69 Å². The second-order valence-electron chi connectivity index (χ2n) is 4.15. The number of aromatic nitrogens is 2. The summed E-state index contributed by atoms with van der Waals surface area (Å²) in [5.74, 6) is -1.20. The fourth-order valence-electron chi connectivity index (χ4n) is 2.17. The third-order valence-electron chi connectivity index (χ3n) is 3.08. The minimum absolute atomic E-state index is 0.100. The molecule has 0 amide bonds. The number of hydrogen-bond acceptors (Lipinski definition) is 2. The number of aryl methyl sites for hydroxylation is 1. The first-order valence-corrected chi connectivity index (χ1v) is 5.26. The first kappa shape index (κ1) is 11.4. The van der Waals surface area contributed by atoms with Gasteiger partial charge in [-0.2, -0.15) is 18.3 Å². The first-order chi connectivity index (χ1) is 7.48. The van der Waals surface area contributed by atoms with Gasteiger partial charge < -0.3 is 5.32 Å². The van der Waals surface area contributed by atoms with Gasteiger partial charge in [-0.05, 0) is 25.5 Å². The van der Waals surface area contributed by atoms with Crippen LogP contribution in [0.3, 0.4) is 0 Å². The molecule has 1 aliphatic heterocycles. The van der Waals surface area contributed by atoms with Crippen molar-refractivity contribution in [3.05, 3.63) is 18.0 Å². The number of halogens is 3. The van der Waals surface area contributed by atoms with E-state index >= 15 is 0 Å². The fourth-order valence-corrected chi connectivity index (χ4v) is 2.17. The van der Waals surface area contributed by atoms with Gasteiger partial charge in [-0.25, -0.2) is 0 Å². The van der Waals surface area contributed by atoms with Gasteiger partial charge >= 0.3 is 6.18 Å². The third-order valence-corrected chi connectivity index (χ3v) is 3.08. The van der Waals surface area contributed by atoms with Gasteiger partial charge in [-0.3, -0.25) is 4.68 Å². The quantitative estimate of drug-likeness (QED) is 0.804. The summed E-state index contributed by atoms with van der Waals surface area (Å²) in [5.41, 5.74) is 0.814. The molecule has 2 unspecified atom stereocenters. The van der Waals surface area contributed by atoms with E-state index in [9.17, 15) is 13.2 Å². The fraction of sp³-hybridized carbons (Fsp3) is 0.700. The van der Waals surface area contributed by atoms with Gasteiger partial charge in [0.25, 0.3) is 0 Å². The zero-order valence-corrected chi connectivity index (χ0v) is 8.96. The minimum Gasteiger partial charge on any atom is -0.309 e. The van der Waals surface area contributed by atoms with E-state index < -0.39 is 12.1 Å². The van der Waals surface area contributed by atoms with Gasteiger partial charge in [-0.1, -0.05) is 0 Å². The number of piperidine rings is 1. The largest absolute Gasteiger partial charge is 0.391 e. The molecule has 0 radical (unpaired) electrons. The van der Waals surface area contributed by atoms with E-state index in [4.69, 9.17) is 0 Å². The molecule has 16 heavy (non-hydrogen) atoms. The average Bonchev–Trinajstić information content (AvgIpc) is 2.63. The highest BCUT2D eigenvalue weighted by Crippen LogP contribution is 2.37. The monoisotopic (exact) mass is 233 g/mol. The smallest absolute Gasteiger partial charge is 0.309 e. The second kappa shape index (κ2) is 4.08. The molecule has 1 saturated heterocycles. The van der Waals surface area contributed by atoms with Gasteiger partial charge in [0.1, 0.15) is 0 Å². The summed E-state index contributed by atoms with van der Waals surface area (Å²) in [6, 6.07) is 1.52. The van der Waals surface area contributed by atoms with Crippen molar-refractivity contribution in [1.82, 2.24) is 15.1 Å². The lowest BCUT2D eigenvalue weighted by molar-refractivity contribution is -0.183. The maximum absolute atomic E-state index is 12.6. The van der Waals surface area contributed by atoms with Gasteiger partial charge in [0, 0.05) is 19.3 Å². The van der Waals surface area contributed by atoms with Gasteiger partial charge in [0.15, 0.2) is 0 Å². The van der Waals surface area contributed by atoms with Crippen LogP contribution in [0.15, 0.2) is 12.3 Å². The average molecular weight is 233 g/mol. The highest BCUT2D eigenvalue weighted by atomic mass is 19.4. The number of alkyl halides is 3. The lowest BCUT2D eigenvalue weighted by atomic mass is 9.90. The van der Waals surface area contributed by atoms with E-state index in [-0.39, 0.29) is 18.9 Å². The zero-order chi connectivity index (χ0) is 11.8. The Balaban J connectivity index is 2.11. The van der Waals surface area contributed by atoms with Crippen LogP contribution in [-0.4, -0.2) is 22.5 Å². The van der Waals surface area contributed by atoms with E-state index in [1.165, 1.54) is 0 Å². The molecule has 1 aromatic heterocycles. The summed E-state index contributed by atoms with van der Waals surface area (Å²) in [6.45, 7) is 0.403. The Kier molecular flexibility index (Phi) is 2.92. The van der Waals surface area contributed by atoms with E-state index in [2.05, 4.69) is 10.4 Å². The van der Waals surface area contributed by atoms with Crippen LogP contribution in [0.1, 0.15) is 24.6 Å². The Bertz CT molecular complexity index is 358. The first-order valence-electron chi connectivity index (χ1n) is 5.26. The van der Waals surface area contributed by atoms with Crippen molar-refractivity contribution in [3.63, 3.8) is 0 Å². The Morgan fingerprint density at radius 3 is 2.81 bits per heavy atom. The molecule has 2 heterocycles. The van der Waals surface area contributed by atoms with Crippen LogP contribution in [0.25, 0.3) is 0 Å². The minimum atomic E-state index is -4.08. The van der Waals surface area contributed by atoms with Crippen molar-refractivity contribution < 1.29 is 13.2 Å². The van der Waals surface area contributed by atoms with Crippen LogP contribution in [0.4, 0.5) is 13.2 Å². The van der Waals surface area contributed by atoms with Crippen LogP contribution >= 0.6 is 0 Å². The summed E-state index contributed by atoms with van der Waals surface area (Å²) in [5, 5.41) is 7.08. The zero-order valence-electron chi connectivity index (χ0n) is 8.96. The maximum Gasteiger partial charge on any atom is 0.391 e. The van der Waals surface area contributed by atoms with Crippen molar-refractivity contribution in [2.24, 2.45) is 13.0 Å². The number of hydrogen-bond donors (Lipinski definition) is 1. The standard InChI is InChI=1S/C10H14F3N3/c1-16-9(3-5-15-16)8-6-7(2-4-14-8)10(11,12)13/h3,5,7-8,14H,2,4,6H2,1H3. The molecular weight excluding hydrogens is 219 g/mol. The summed E-state index contributed by atoms with van der Waals surface area (Å²) in [6.07, 6.45) is -2.21. The predicted molar refractivity (Wildman–Crippen MR) is 52.7 cm³/mol. The van der Waals surface area contributed by atoms with E-state index in [1.807, 2.05) is 0 Å². The Morgan fingerprint density at radius 1 is 1.50 bits per heavy atom. The Morgan fingerprint density at radius 2 is 2.25 bits per heavy atom. The van der Waals surface area contributed by atoms with Crippen molar-refractivity contribution in [1.29, 1.82) is 0 Å². The van der Waals surface area contributed by atoms with Crippen LogP contribution in [0.2, 0.25) is 0 Å². The molecule has 0 spiro atoms. The van der Waals surface area contributed by atoms with E-state index in [0.29, 0.717) is 6.54 Å². The normalized spacial score (nSPS) is 27.0. The van der Waals surface area contributed by atoms with E-state index in [1.54, 1.807) is 24.0 Å². The number of nitrogens with zero attached hydrogens (tertiary/aromatic N) is 2. The Labute approximate surface area is 91.6 Å². The summed E-state index contributed by atoms with van der Waals surface area (Å²) in [7, 11) is 1.74. The van der Waals surface area contributed by atoms with Crippen molar-refractivity contribution >= 4 is 0 Å². The molecule has 1 aromatic rings. The molecule has 2 atom stereocenters. The van der Waals surface area contributed by atoms with Crippen LogP contribution in [0.5, 0.6) is 0 Å². The molecule has 0 bridgehead atoms. The summed E-state index contributed by atoms with van der Waals surface area (Å²) >= 11 is 0. The van der Waals surface area contributed by atoms with Crippen molar-refractivity contribution in [2.45, 2.75) is 25.1 Å². The molecule has 1 N–H and O–H groups in total. The van der Waals surface area contributed by atoms with Gasteiger partial charge in [-0.15, -0.1) is 0 Å². The third kappa shape index (κ3) is 2.21. The second-order valence-corrected chi connectivity index (χ2v) is 4.15. The molecule has 0 aromatic carbocycles. The van der Waals surface area contributed by atoms with Crippen molar-refractivity contribution in [2.75, 3.05) is 6.54 Å². The summed E-state index contributed by atoms with van der Waals surface area (Å²) in [4.78, 5) is 0. The topological polar surface area (TPSA) is 29.9 Å².